The quantitative estimate of drug-likeness (QED) is 0.0195. The number of benzene rings is 3. The molecule has 7 rings (SSSR count). The molecule has 4 aromatic rings. The van der Waals surface area contributed by atoms with Gasteiger partial charge in [0.15, 0.2) is 0 Å². The molecule has 3 aliphatic rings. The average molecular weight is 1880 g/mol. The maximum atomic E-state index is 15.1. The van der Waals surface area contributed by atoms with E-state index in [9.17, 15) is 107 Å². The van der Waals surface area contributed by atoms with Crippen LogP contribution in [-0.4, -0.2) is 308 Å². The molecule has 1 aromatic heterocycles. The minimum atomic E-state index is -1.90. The number of likely N-dealkylation sites (tertiary alicyclic amines) is 3. The number of hydrogen-bond acceptors (Lipinski definition) is 27. The molecule has 0 unspecified atom stereocenters. The summed E-state index contributed by atoms with van der Waals surface area (Å²) in [6, 6.07) is -7.50. The molecule has 0 bridgehead atoms. The monoisotopic (exact) mass is 1880 g/mol. The van der Waals surface area contributed by atoms with Gasteiger partial charge in [0.25, 0.3) is 0 Å². The van der Waals surface area contributed by atoms with Crippen molar-refractivity contribution < 1.29 is 127 Å². The summed E-state index contributed by atoms with van der Waals surface area (Å²) in [5.41, 5.74) is 23.6. The maximum Gasteiger partial charge on any atom is 0.322 e. The van der Waals surface area contributed by atoms with Crippen molar-refractivity contribution in [3.8, 4) is 17.2 Å². The molecule has 133 heavy (non-hydrogen) atoms. The number of primary amides is 3. The number of carbonyl (C=O) groups is 20. The van der Waals surface area contributed by atoms with Crippen LogP contribution in [0.3, 0.4) is 0 Å². The highest BCUT2D eigenvalue weighted by atomic mass is 32.2. The van der Waals surface area contributed by atoms with E-state index in [0.29, 0.717) is 22.4 Å². The van der Waals surface area contributed by atoms with Crippen molar-refractivity contribution in [1.29, 1.82) is 0 Å². The number of nitrogens with zero attached hydrogens (tertiary/aromatic N) is 4. The number of carboxylic acid groups (broad SMARTS) is 2. The number of imidazole rings is 1. The summed E-state index contributed by atoms with van der Waals surface area (Å²) in [5, 5.41) is 89.4. The first kappa shape index (κ1) is 106. The number of phenols is 3. The van der Waals surface area contributed by atoms with Crippen molar-refractivity contribution in [1.82, 2.24) is 88.5 Å². The number of rotatable bonds is 51. The molecule has 3 aliphatic heterocycles. The predicted molar refractivity (Wildman–Crippen MR) is 470 cm³/mol. The van der Waals surface area contributed by atoms with Gasteiger partial charge >= 0.3 is 11.9 Å². The molecule has 16 atom stereocenters. The predicted octanol–water partition coefficient (Wildman–Crippen LogP) is -6.68. The van der Waals surface area contributed by atoms with Crippen LogP contribution in [0.1, 0.15) is 134 Å². The number of nitrogens with one attached hydrogen (secondary N) is 13. The summed E-state index contributed by atoms with van der Waals surface area (Å²) in [6.45, 7) is 4.67. The molecule has 0 saturated carbocycles. The summed E-state index contributed by atoms with van der Waals surface area (Å²) in [5.74, 6) is -21.8. The molecule has 48 heteroatoms. The van der Waals surface area contributed by atoms with Crippen LogP contribution < -0.4 is 86.7 Å². The van der Waals surface area contributed by atoms with Gasteiger partial charge in [0, 0.05) is 63.6 Å². The van der Waals surface area contributed by atoms with Crippen LogP contribution in [-0.2, 0) is 122 Å². The van der Waals surface area contributed by atoms with E-state index in [2.05, 4.69) is 73.8 Å². The molecule has 3 fully saturated rings. The highest BCUT2D eigenvalue weighted by Gasteiger charge is 2.48. The third-order valence-corrected chi connectivity index (χ3v) is 22.7. The van der Waals surface area contributed by atoms with Crippen molar-refractivity contribution >= 4 is 130 Å². The van der Waals surface area contributed by atoms with Crippen molar-refractivity contribution in [2.24, 2.45) is 28.9 Å². The number of H-pyrrole nitrogens is 1. The Morgan fingerprint density at radius 1 is 0.444 bits per heavy atom. The van der Waals surface area contributed by atoms with Crippen LogP contribution in [0.5, 0.6) is 17.2 Å². The first-order valence-corrected chi connectivity index (χ1v) is 44.4. The second-order valence-corrected chi connectivity index (χ2v) is 34.0. The molecule has 3 aromatic carbocycles. The molecule has 0 spiro atoms. The standard InChI is InChI=1S/C85H117N21O26S/c1-42(2)31-55(97-79(126)57(33-46-14-20-50(109)21-15-46)98-74(121)53(24-25-65(87)111)94-75(122)54(26-30-133-5)95-78(125)58(34-47-16-22-51(110)23-17-47)101-82(129)70(44(4)107)103-72(119)52(86)36-66(88)112)77(124)102-61(37-67(89)113)83(130)105-28-7-10-63(105)85(132)106-29-8-11-64(106)84(131)104-27-6-9-62(104)81(128)100-56(32-45-12-18-49(108)19-13-45)76(123)93-43(3)71(118)96-60(38-68(114)115)80(127)99-59(35-48-39-90-41-92-48)73(120)91-40-69(116)117/h12-23,39,41-44,52-64,70,107-110H,6-11,24-38,40,86H2,1-5H3,(H2,87,111)(H2,88,112)(H2,89,113)(H,90,92)(H,91,120)(H,93,123)(H,94,122)(H,95,125)(H,96,118)(H,97,126)(H,98,121)(H,99,127)(H,100,128)(H,101,129)(H,102,124)(H,103,119)(H,114,115)(H,116,117)/t43-,44+,52-,53-,54-,55-,56-,57-,58-,59-,60-,61-,62-,63-,64-,70-/m0/s1. The molecule has 47 nitrogen and oxygen atoms in total. The van der Waals surface area contributed by atoms with Gasteiger partial charge < -0.3 is 137 Å². The van der Waals surface area contributed by atoms with Gasteiger partial charge in [-0.1, -0.05) is 50.2 Å². The molecular weight excluding hydrogens is 1760 g/mol. The zero-order chi connectivity index (χ0) is 98.2. The van der Waals surface area contributed by atoms with E-state index in [1.807, 2.05) is 0 Å². The summed E-state index contributed by atoms with van der Waals surface area (Å²) in [7, 11) is 0. The van der Waals surface area contributed by atoms with Gasteiger partial charge in [0.1, 0.15) is 108 Å². The fourth-order valence-corrected chi connectivity index (χ4v) is 15.6. The van der Waals surface area contributed by atoms with Crippen LogP contribution >= 0.6 is 11.8 Å². The second-order valence-electron chi connectivity index (χ2n) is 33.0. The Balaban J connectivity index is 1.06. The van der Waals surface area contributed by atoms with Gasteiger partial charge in [0.05, 0.1) is 37.7 Å². The lowest BCUT2D eigenvalue weighted by atomic mass is 10.00. The van der Waals surface area contributed by atoms with Crippen LogP contribution in [0, 0.1) is 5.92 Å². The van der Waals surface area contributed by atoms with Gasteiger partial charge in [-0.3, -0.25) is 95.9 Å². The number of nitrogens with two attached hydrogens (primary N) is 4. The first-order chi connectivity index (χ1) is 62.9. The number of thioether (sulfide) groups is 1. The molecule has 0 radical (unpaired) electrons. The number of phenolic OH excluding ortho intramolecular Hbond substituents is 3. The Bertz CT molecular complexity index is 4840. The van der Waals surface area contributed by atoms with E-state index in [4.69, 9.17) is 28.0 Å². The topological polar surface area (TPSA) is 750 Å². The van der Waals surface area contributed by atoms with Gasteiger partial charge in [-0.25, -0.2) is 4.98 Å². The SMILES string of the molecule is CSCC[C@H](NC(=O)[C@H](Cc1ccc(O)cc1)NC(=O)[C@@H](NC(=O)[C@@H](N)CC(N)=O)[C@@H](C)O)C(=O)N[C@@H](CCC(N)=O)C(=O)N[C@@H](Cc1ccc(O)cc1)C(=O)N[C@@H](CC(C)C)C(=O)N[C@@H](CC(N)=O)C(=O)N1CCC[C@H]1C(=O)N1CCC[C@H]1C(=O)N1CCC[C@H]1C(=O)N[C@@H](Cc1ccc(O)cc1)C(=O)N[C@@H](C)C(=O)N[C@@H](CC(=O)O)C(=O)N[C@@H](Cc1cnc[nH]1)C(=O)NCC(=O)O. The van der Waals surface area contributed by atoms with E-state index in [1.165, 1.54) is 114 Å². The van der Waals surface area contributed by atoms with Crippen LogP contribution in [0.15, 0.2) is 85.3 Å². The highest BCUT2D eigenvalue weighted by Crippen LogP contribution is 2.30. The number of aromatic hydroxyl groups is 3. The van der Waals surface area contributed by atoms with Gasteiger partial charge in [-0.2, -0.15) is 11.8 Å². The number of carboxylic acids is 2. The minimum absolute atomic E-state index is 0.0113. The number of aromatic amines is 1. The third-order valence-electron chi connectivity index (χ3n) is 22.0. The van der Waals surface area contributed by atoms with Gasteiger partial charge in [-0.15, -0.1) is 0 Å². The lowest BCUT2D eigenvalue weighted by Crippen LogP contribution is -2.62. The van der Waals surface area contributed by atoms with Crippen LogP contribution in [0.2, 0.25) is 0 Å². The molecule has 724 valence electrons. The number of aromatic nitrogens is 2. The zero-order valence-corrected chi connectivity index (χ0v) is 74.6. The van der Waals surface area contributed by atoms with Crippen LogP contribution in [0.4, 0.5) is 0 Å². The second kappa shape index (κ2) is 50.9. The molecule has 3 saturated heterocycles. The smallest absolute Gasteiger partial charge is 0.322 e. The Morgan fingerprint density at radius 3 is 1.32 bits per heavy atom. The Labute approximate surface area is 767 Å². The fraction of sp³-hybridized carbons (Fsp3) is 0.518. The first-order valence-electron chi connectivity index (χ1n) is 43.0. The number of aliphatic hydroxyl groups is 1. The van der Waals surface area contributed by atoms with Gasteiger partial charge in [-0.05, 0) is 143 Å². The number of aliphatic hydroxyl groups excluding tert-OH is 1. The van der Waals surface area contributed by atoms with E-state index < -0.39 is 266 Å². The molecule has 27 N–H and O–H groups in total. The van der Waals surface area contributed by atoms with E-state index in [-0.39, 0.29) is 113 Å². The summed E-state index contributed by atoms with van der Waals surface area (Å²) >= 11 is 1.24. The highest BCUT2D eigenvalue weighted by molar-refractivity contribution is 7.98. The number of hydrogen-bond donors (Lipinski definition) is 23. The lowest BCUT2D eigenvalue weighted by molar-refractivity contribution is -0.151. The minimum Gasteiger partial charge on any atom is -0.508 e. The van der Waals surface area contributed by atoms with Gasteiger partial charge in [0.2, 0.25) is 106 Å². The number of aliphatic carboxylic acids is 2. The van der Waals surface area contributed by atoms with E-state index in [0.717, 1.165) is 11.8 Å². The Hall–Kier alpha value is -14.1. The number of amides is 18. The summed E-state index contributed by atoms with van der Waals surface area (Å²) in [4.78, 5) is 286. The van der Waals surface area contributed by atoms with Crippen LogP contribution in [0.25, 0.3) is 0 Å². The summed E-state index contributed by atoms with van der Waals surface area (Å²) < 4.78 is 0. The zero-order valence-electron chi connectivity index (χ0n) is 73.8. The summed E-state index contributed by atoms with van der Waals surface area (Å²) in [6.07, 6.45) is -1.81. The van der Waals surface area contributed by atoms with E-state index >= 15 is 14.4 Å². The van der Waals surface area contributed by atoms with Crippen molar-refractivity contribution in [3.05, 3.63) is 108 Å². The van der Waals surface area contributed by atoms with Crippen molar-refractivity contribution in [2.75, 3.05) is 38.2 Å². The normalized spacial score (nSPS) is 17.5. The molecule has 4 heterocycles. The number of carbonyl (C=O) groups excluding carboxylic acids is 18. The Kier molecular flexibility index (Phi) is 40.6. The fourth-order valence-electron chi connectivity index (χ4n) is 15.2. The van der Waals surface area contributed by atoms with E-state index in [1.54, 1.807) is 20.1 Å². The van der Waals surface area contributed by atoms with Crippen molar-refractivity contribution in [2.45, 2.75) is 234 Å². The Morgan fingerprint density at radius 2 is 0.857 bits per heavy atom. The lowest BCUT2D eigenvalue weighted by Gasteiger charge is -2.35. The van der Waals surface area contributed by atoms with Crippen molar-refractivity contribution in [3.63, 3.8) is 0 Å². The molecular formula is C85H117N21O26S. The molecule has 18 amide bonds. The largest absolute Gasteiger partial charge is 0.508 e. The maximum absolute atomic E-state index is 15.1. The average Bonchev–Trinajstić information content (AvgIpc) is 1.64. The third kappa shape index (κ3) is 33.1. The molecule has 0 aliphatic carbocycles.